The molecule has 0 unspecified atom stereocenters. The lowest BCUT2D eigenvalue weighted by Crippen LogP contribution is -2.28. The van der Waals surface area contributed by atoms with Gasteiger partial charge < -0.3 is 5.73 Å². The third-order valence-corrected chi connectivity index (χ3v) is 3.29. The van der Waals surface area contributed by atoms with Crippen molar-refractivity contribution < 1.29 is 21.6 Å². The van der Waals surface area contributed by atoms with Crippen LogP contribution in [0.25, 0.3) is 0 Å². The normalized spacial score (nSPS) is 12.9. The van der Waals surface area contributed by atoms with Crippen molar-refractivity contribution in [3.05, 3.63) is 6.20 Å². The van der Waals surface area contributed by atoms with Gasteiger partial charge in [-0.15, -0.1) is 0 Å². The smallest absolute Gasteiger partial charge is 0.381 e. The molecular weight excluding hydrogens is 261 g/mol. The average molecular weight is 272 g/mol. The van der Waals surface area contributed by atoms with E-state index in [9.17, 15) is 21.6 Å². The number of halogens is 3. The Hall–Kier alpha value is -1.29. The SMILES string of the molecule is Cn1cc(S(=O)(=O)NCCC(F)(F)F)c(N)n1. The molecule has 0 aliphatic rings. The maximum Gasteiger partial charge on any atom is 0.390 e. The van der Waals surface area contributed by atoms with E-state index in [1.165, 1.54) is 7.05 Å². The Kier molecular flexibility index (Phi) is 3.67. The van der Waals surface area contributed by atoms with E-state index in [4.69, 9.17) is 5.73 Å². The summed E-state index contributed by atoms with van der Waals surface area (Å²) in [6, 6.07) is 0. The highest BCUT2D eigenvalue weighted by atomic mass is 32.2. The molecule has 10 heteroatoms. The summed E-state index contributed by atoms with van der Waals surface area (Å²) in [7, 11) is -2.60. The zero-order valence-electron chi connectivity index (χ0n) is 8.82. The van der Waals surface area contributed by atoms with E-state index < -0.39 is 29.2 Å². The minimum Gasteiger partial charge on any atom is -0.381 e. The summed E-state index contributed by atoms with van der Waals surface area (Å²) in [4.78, 5) is -0.331. The molecule has 1 aromatic rings. The highest BCUT2D eigenvalue weighted by molar-refractivity contribution is 7.89. The molecule has 0 radical (unpaired) electrons. The van der Waals surface area contributed by atoms with E-state index in [0.29, 0.717) is 0 Å². The van der Waals surface area contributed by atoms with Gasteiger partial charge in [0.05, 0.1) is 6.42 Å². The molecular formula is C7H11F3N4O2S. The van der Waals surface area contributed by atoms with Gasteiger partial charge in [-0.3, -0.25) is 4.68 Å². The number of anilines is 1. The minimum atomic E-state index is -4.41. The third kappa shape index (κ3) is 3.89. The largest absolute Gasteiger partial charge is 0.390 e. The van der Waals surface area contributed by atoms with Crippen LogP contribution in [-0.2, 0) is 17.1 Å². The molecule has 0 spiro atoms. The number of hydrogen-bond donors (Lipinski definition) is 2. The topological polar surface area (TPSA) is 90.0 Å². The van der Waals surface area contributed by atoms with Crippen LogP contribution in [0.15, 0.2) is 11.1 Å². The van der Waals surface area contributed by atoms with Gasteiger partial charge in [-0.25, -0.2) is 13.1 Å². The van der Waals surface area contributed by atoms with Crippen LogP contribution in [0, 0.1) is 0 Å². The Balaban J connectivity index is 2.73. The Labute approximate surface area is 95.6 Å². The van der Waals surface area contributed by atoms with Crippen molar-refractivity contribution in [2.45, 2.75) is 17.5 Å². The van der Waals surface area contributed by atoms with E-state index in [-0.39, 0.29) is 10.7 Å². The van der Waals surface area contributed by atoms with E-state index in [0.717, 1.165) is 10.9 Å². The van der Waals surface area contributed by atoms with Crippen LogP contribution in [0.2, 0.25) is 0 Å². The van der Waals surface area contributed by atoms with Gasteiger partial charge in [0.15, 0.2) is 5.82 Å². The number of hydrogen-bond acceptors (Lipinski definition) is 4. The summed E-state index contributed by atoms with van der Waals surface area (Å²) in [6.07, 6.45) is -4.54. The van der Waals surface area contributed by atoms with Crippen LogP contribution in [0.1, 0.15) is 6.42 Å². The molecule has 0 aromatic carbocycles. The molecule has 0 saturated heterocycles. The summed E-state index contributed by atoms with van der Waals surface area (Å²) in [5.74, 6) is -0.257. The number of nitrogens with two attached hydrogens (primary N) is 1. The fourth-order valence-electron chi connectivity index (χ4n) is 1.10. The molecule has 98 valence electrons. The Morgan fingerprint density at radius 1 is 1.53 bits per heavy atom. The molecule has 1 aromatic heterocycles. The molecule has 0 fully saturated rings. The second-order valence-corrected chi connectivity index (χ2v) is 5.05. The first-order valence-corrected chi connectivity index (χ1v) is 5.96. The standard InChI is InChI=1S/C7H11F3N4O2S/c1-14-4-5(6(11)13-14)17(15,16)12-3-2-7(8,9)10/h4,12H,2-3H2,1H3,(H2,11,13). The molecule has 0 aliphatic carbocycles. The lowest BCUT2D eigenvalue weighted by molar-refractivity contribution is -0.132. The number of nitrogens with one attached hydrogen (secondary N) is 1. The zero-order chi connectivity index (χ0) is 13.3. The van der Waals surface area contributed by atoms with E-state index in [1.54, 1.807) is 4.72 Å². The fourth-order valence-corrected chi connectivity index (χ4v) is 2.23. The van der Waals surface area contributed by atoms with E-state index in [2.05, 4.69) is 5.10 Å². The van der Waals surface area contributed by atoms with Crippen molar-refractivity contribution in [1.29, 1.82) is 0 Å². The molecule has 0 atom stereocenters. The summed E-state index contributed by atoms with van der Waals surface area (Å²) < 4.78 is 61.6. The second-order valence-electron chi connectivity index (χ2n) is 3.32. The molecule has 0 aliphatic heterocycles. The predicted octanol–water partition coefficient (Wildman–Crippen LogP) is 0.233. The van der Waals surface area contributed by atoms with Crippen LogP contribution in [0.4, 0.5) is 19.0 Å². The highest BCUT2D eigenvalue weighted by Crippen LogP contribution is 2.19. The van der Waals surface area contributed by atoms with Crippen molar-refractivity contribution in [2.75, 3.05) is 12.3 Å². The Morgan fingerprint density at radius 3 is 2.53 bits per heavy atom. The lowest BCUT2D eigenvalue weighted by atomic mass is 10.4. The van der Waals surface area contributed by atoms with Gasteiger partial charge in [-0.05, 0) is 0 Å². The number of sulfonamides is 1. The molecule has 0 saturated carbocycles. The van der Waals surface area contributed by atoms with Crippen molar-refractivity contribution >= 4 is 15.8 Å². The number of aromatic nitrogens is 2. The van der Waals surface area contributed by atoms with Crippen LogP contribution in [0.5, 0.6) is 0 Å². The summed E-state index contributed by atoms with van der Waals surface area (Å²) in [6.45, 7) is -0.736. The van der Waals surface area contributed by atoms with E-state index >= 15 is 0 Å². The average Bonchev–Trinajstić information content (AvgIpc) is 2.43. The fraction of sp³-hybridized carbons (Fsp3) is 0.571. The highest BCUT2D eigenvalue weighted by Gasteiger charge is 2.28. The molecule has 6 nitrogen and oxygen atoms in total. The maximum absolute atomic E-state index is 11.8. The third-order valence-electron chi connectivity index (χ3n) is 1.81. The first-order valence-electron chi connectivity index (χ1n) is 4.47. The number of nitrogens with zero attached hydrogens (tertiary/aromatic N) is 2. The maximum atomic E-state index is 11.8. The van der Waals surface area contributed by atoms with Crippen molar-refractivity contribution in [3.63, 3.8) is 0 Å². The zero-order valence-corrected chi connectivity index (χ0v) is 9.64. The quantitative estimate of drug-likeness (QED) is 0.821. The summed E-state index contributed by atoms with van der Waals surface area (Å²) in [5, 5.41) is 3.59. The van der Waals surface area contributed by atoms with Crippen molar-refractivity contribution in [1.82, 2.24) is 14.5 Å². The van der Waals surface area contributed by atoms with Gasteiger partial charge in [0, 0.05) is 19.8 Å². The molecule has 17 heavy (non-hydrogen) atoms. The van der Waals surface area contributed by atoms with Crippen LogP contribution >= 0.6 is 0 Å². The first kappa shape index (κ1) is 13.8. The Bertz CT molecular complexity index is 494. The van der Waals surface area contributed by atoms with Gasteiger partial charge in [-0.1, -0.05) is 0 Å². The van der Waals surface area contributed by atoms with E-state index in [1.807, 2.05) is 0 Å². The number of nitrogen functional groups attached to an aromatic ring is 1. The summed E-state index contributed by atoms with van der Waals surface area (Å²) in [5.41, 5.74) is 5.31. The Morgan fingerprint density at radius 2 is 2.12 bits per heavy atom. The molecule has 3 N–H and O–H groups in total. The van der Waals surface area contributed by atoms with Crippen LogP contribution in [-0.4, -0.2) is 30.9 Å². The van der Waals surface area contributed by atoms with Gasteiger partial charge in [0.1, 0.15) is 4.90 Å². The van der Waals surface area contributed by atoms with Crippen LogP contribution in [0.3, 0.4) is 0 Å². The minimum absolute atomic E-state index is 0.257. The lowest BCUT2D eigenvalue weighted by Gasteiger charge is -2.07. The molecule has 0 bridgehead atoms. The van der Waals surface area contributed by atoms with Gasteiger partial charge in [0.2, 0.25) is 10.0 Å². The van der Waals surface area contributed by atoms with Crippen molar-refractivity contribution in [2.24, 2.45) is 7.05 Å². The number of alkyl halides is 3. The van der Waals surface area contributed by atoms with Crippen molar-refractivity contribution in [3.8, 4) is 0 Å². The predicted molar refractivity (Wildman–Crippen MR) is 53.5 cm³/mol. The molecule has 0 amide bonds. The second kappa shape index (κ2) is 4.53. The monoisotopic (exact) mass is 272 g/mol. The van der Waals surface area contributed by atoms with Gasteiger partial charge >= 0.3 is 6.18 Å². The molecule has 1 heterocycles. The first-order chi connectivity index (χ1) is 7.62. The van der Waals surface area contributed by atoms with Gasteiger partial charge in [-0.2, -0.15) is 18.3 Å². The van der Waals surface area contributed by atoms with Gasteiger partial charge in [0.25, 0.3) is 0 Å². The van der Waals surface area contributed by atoms with Crippen LogP contribution < -0.4 is 10.5 Å². The number of rotatable bonds is 4. The number of aryl methyl sites for hydroxylation is 1. The molecule has 1 rings (SSSR count). The summed E-state index contributed by atoms with van der Waals surface area (Å²) >= 11 is 0.